The smallest absolute Gasteiger partial charge is 0.271 e. The lowest BCUT2D eigenvalue weighted by Gasteiger charge is -2.20. The summed E-state index contributed by atoms with van der Waals surface area (Å²) in [7, 11) is -3.65. The zero-order valence-electron chi connectivity index (χ0n) is 11.0. The van der Waals surface area contributed by atoms with Crippen LogP contribution in [-0.4, -0.2) is 25.8 Å². The fraction of sp³-hybridized carbons (Fsp3) is 0.462. The van der Waals surface area contributed by atoms with Gasteiger partial charge in [-0.3, -0.25) is 4.72 Å². The minimum Gasteiger partial charge on any atom is -0.271 e. The summed E-state index contributed by atoms with van der Waals surface area (Å²) in [6.45, 7) is 0.975. The second-order valence-corrected chi connectivity index (χ2v) is 6.40. The lowest BCUT2D eigenvalue weighted by molar-refractivity contribution is 0.427. The molecule has 0 unspecified atom stereocenters. The summed E-state index contributed by atoms with van der Waals surface area (Å²) in [5, 5.41) is 8.75. The van der Waals surface area contributed by atoms with E-state index in [-0.39, 0.29) is 11.3 Å². The predicted molar refractivity (Wildman–Crippen MR) is 73.7 cm³/mol. The Balaban J connectivity index is 2.17. The van der Waals surface area contributed by atoms with Gasteiger partial charge in [0, 0.05) is 13.1 Å². The third-order valence-corrected chi connectivity index (χ3v) is 4.78. The molecule has 1 aromatic rings. The maximum atomic E-state index is 13.2. The van der Waals surface area contributed by atoms with Gasteiger partial charge in [0.25, 0.3) is 0 Å². The van der Waals surface area contributed by atoms with Crippen LogP contribution >= 0.6 is 0 Å². The third kappa shape index (κ3) is 3.46. The van der Waals surface area contributed by atoms with Gasteiger partial charge in [0.05, 0.1) is 11.3 Å². The number of hydrogen-bond acceptors (Lipinski definition) is 3. The molecule has 108 valence electrons. The molecule has 0 bridgehead atoms. The molecule has 1 N–H and O–H groups in total. The average molecular weight is 297 g/mol. The number of hydrogen-bond donors (Lipinski definition) is 1. The SMILES string of the molecule is N#Cc1cc(NS(=O)(=O)N2CCCCCC2)ccc1F. The highest BCUT2D eigenvalue weighted by Crippen LogP contribution is 2.18. The lowest BCUT2D eigenvalue weighted by atomic mass is 10.2. The first-order valence-corrected chi connectivity index (χ1v) is 7.94. The number of halogens is 1. The fourth-order valence-electron chi connectivity index (χ4n) is 2.17. The maximum absolute atomic E-state index is 13.2. The van der Waals surface area contributed by atoms with Gasteiger partial charge in [-0.15, -0.1) is 0 Å². The maximum Gasteiger partial charge on any atom is 0.301 e. The predicted octanol–water partition coefficient (Wildman–Crippen LogP) is 2.23. The van der Waals surface area contributed by atoms with Crippen LogP contribution in [0.1, 0.15) is 31.2 Å². The molecule has 0 radical (unpaired) electrons. The highest BCUT2D eigenvalue weighted by Gasteiger charge is 2.23. The Hall–Kier alpha value is -1.65. The number of anilines is 1. The van der Waals surface area contributed by atoms with E-state index in [4.69, 9.17) is 5.26 Å². The van der Waals surface area contributed by atoms with Crippen molar-refractivity contribution in [1.29, 1.82) is 5.26 Å². The molecule has 5 nitrogen and oxygen atoms in total. The Labute approximate surface area is 118 Å². The molecule has 1 aromatic carbocycles. The van der Waals surface area contributed by atoms with E-state index in [1.807, 2.05) is 0 Å². The lowest BCUT2D eigenvalue weighted by Crippen LogP contribution is -2.36. The van der Waals surface area contributed by atoms with Crippen LogP contribution in [0, 0.1) is 17.1 Å². The number of nitrogens with one attached hydrogen (secondary N) is 1. The first-order chi connectivity index (χ1) is 9.53. The normalized spacial score (nSPS) is 17.2. The summed E-state index contributed by atoms with van der Waals surface area (Å²) in [5.41, 5.74) is 0.0215. The van der Waals surface area contributed by atoms with Crippen LogP contribution in [0.25, 0.3) is 0 Å². The highest BCUT2D eigenvalue weighted by molar-refractivity contribution is 7.90. The molecule has 20 heavy (non-hydrogen) atoms. The van der Waals surface area contributed by atoms with Crippen LogP contribution in [0.4, 0.5) is 10.1 Å². The molecule has 1 aliphatic rings. The summed E-state index contributed by atoms with van der Waals surface area (Å²) < 4.78 is 41.5. The Kier molecular flexibility index (Phi) is 4.57. The zero-order valence-corrected chi connectivity index (χ0v) is 11.8. The summed E-state index contributed by atoms with van der Waals surface area (Å²) >= 11 is 0. The third-order valence-electron chi connectivity index (χ3n) is 3.24. The Morgan fingerprint density at radius 3 is 2.45 bits per heavy atom. The quantitative estimate of drug-likeness (QED) is 0.929. The van der Waals surface area contributed by atoms with Gasteiger partial charge in [0.1, 0.15) is 11.9 Å². The van der Waals surface area contributed by atoms with E-state index >= 15 is 0 Å². The Bertz CT molecular complexity index is 617. The van der Waals surface area contributed by atoms with Gasteiger partial charge in [-0.1, -0.05) is 12.8 Å². The standard InChI is InChI=1S/C13H16FN3O2S/c14-13-6-5-12(9-11(13)10-15)16-20(18,19)17-7-3-1-2-4-8-17/h5-6,9,16H,1-4,7-8H2. The molecule has 2 rings (SSSR count). The molecule has 1 saturated heterocycles. The molecule has 0 saturated carbocycles. The Morgan fingerprint density at radius 2 is 1.85 bits per heavy atom. The number of rotatable bonds is 3. The van der Waals surface area contributed by atoms with Gasteiger partial charge in [-0.2, -0.15) is 18.0 Å². The van der Waals surface area contributed by atoms with Crippen LogP contribution in [0.3, 0.4) is 0 Å². The van der Waals surface area contributed by atoms with E-state index in [9.17, 15) is 12.8 Å². The molecular weight excluding hydrogens is 281 g/mol. The molecule has 0 spiro atoms. The Morgan fingerprint density at radius 1 is 1.20 bits per heavy atom. The van der Waals surface area contributed by atoms with E-state index in [1.54, 1.807) is 6.07 Å². The first-order valence-electron chi connectivity index (χ1n) is 6.50. The van der Waals surface area contributed by atoms with Gasteiger partial charge in [-0.25, -0.2) is 4.39 Å². The number of benzene rings is 1. The zero-order chi connectivity index (χ0) is 14.6. The molecular formula is C13H16FN3O2S. The van der Waals surface area contributed by atoms with Crippen molar-refractivity contribution in [3.05, 3.63) is 29.6 Å². The van der Waals surface area contributed by atoms with Crippen LogP contribution < -0.4 is 4.72 Å². The van der Waals surface area contributed by atoms with E-state index in [1.165, 1.54) is 16.4 Å². The van der Waals surface area contributed by atoms with Crippen LogP contribution in [0.2, 0.25) is 0 Å². The summed E-state index contributed by atoms with van der Waals surface area (Å²) in [6.07, 6.45) is 3.74. The van der Waals surface area contributed by atoms with E-state index < -0.39 is 16.0 Å². The molecule has 7 heteroatoms. The van der Waals surface area contributed by atoms with Crippen molar-refractivity contribution >= 4 is 15.9 Å². The van der Waals surface area contributed by atoms with Crippen molar-refractivity contribution in [3.63, 3.8) is 0 Å². The molecule has 1 heterocycles. The van der Waals surface area contributed by atoms with Gasteiger partial charge >= 0.3 is 10.2 Å². The number of nitriles is 1. The van der Waals surface area contributed by atoms with Crippen LogP contribution in [0.15, 0.2) is 18.2 Å². The van der Waals surface area contributed by atoms with E-state index in [2.05, 4.69) is 4.72 Å². The van der Waals surface area contributed by atoms with E-state index in [0.717, 1.165) is 31.7 Å². The van der Waals surface area contributed by atoms with Crippen molar-refractivity contribution in [1.82, 2.24) is 4.31 Å². The number of nitrogens with zero attached hydrogens (tertiary/aromatic N) is 2. The van der Waals surface area contributed by atoms with Crippen molar-refractivity contribution in [2.24, 2.45) is 0 Å². The van der Waals surface area contributed by atoms with Crippen molar-refractivity contribution < 1.29 is 12.8 Å². The highest BCUT2D eigenvalue weighted by atomic mass is 32.2. The summed E-state index contributed by atoms with van der Waals surface area (Å²) in [5.74, 6) is -0.662. The van der Waals surface area contributed by atoms with Crippen molar-refractivity contribution in [2.45, 2.75) is 25.7 Å². The monoisotopic (exact) mass is 297 g/mol. The molecule has 1 fully saturated rings. The van der Waals surface area contributed by atoms with E-state index in [0.29, 0.717) is 13.1 Å². The molecule has 0 amide bonds. The molecule has 1 aliphatic heterocycles. The second kappa shape index (κ2) is 6.20. The molecule has 0 atom stereocenters. The van der Waals surface area contributed by atoms with Gasteiger partial charge < -0.3 is 0 Å². The summed E-state index contributed by atoms with van der Waals surface area (Å²) in [6, 6.07) is 5.28. The second-order valence-electron chi connectivity index (χ2n) is 4.73. The van der Waals surface area contributed by atoms with Gasteiger partial charge in [0.2, 0.25) is 0 Å². The summed E-state index contributed by atoms with van der Waals surface area (Å²) in [4.78, 5) is 0. The van der Waals surface area contributed by atoms with Crippen molar-refractivity contribution in [2.75, 3.05) is 17.8 Å². The van der Waals surface area contributed by atoms with Crippen LogP contribution in [0.5, 0.6) is 0 Å². The molecule has 0 aromatic heterocycles. The largest absolute Gasteiger partial charge is 0.301 e. The fourth-order valence-corrected chi connectivity index (χ4v) is 3.46. The molecule has 0 aliphatic carbocycles. The topological polar surface area (TPSA) is 73.2 Å². The minimum atomic E-state index is -3.65. The van der Waals surface area contributed by atoms with Crippen molar-refractivity contribution in [3.8, 4) is 6.07 Å². The van der Waals surface area contributed by atoms with Gasteiger partial charge in [-0.05, 0) is 31.0 Å². The minimum absolute atomic E-state index is 0.180. The van der Waals surface area contributed by atoms with Crippen LogP contribution in [-0.2, 0) is 10.2 Å². The van der Waals surface area contributed by atoms with Gasteiger partial charge in [0.15, 0.2) is 0 Å². The average Bonchev–Trinajstić information content (AvgIpc) is 2.70. The first kappa shape index (κ1) is 14.8.